The summed E-state index contributed by atoms with van der Waals surface area (Å²) in [7, 11) is 1.45. The Morgan fingerprint density at radius 1 is 1.06 bits per heavy atom. The number of hydrogen-bond acceptors (Lipinski definition) is 6. The lowest BCUT2D eigenvalue weighted by Crippen LogP contribution is -2.22. The first-order valence-electron chi connectivity index (χ1n) is 9.30. The summed E-state index contributed by atoms with van der Waals surface area (Å²) in [5.41, 5.74) is 0.765. The summed E-state index contributed by atoms with van der Waals surface area (Å²) in [6.07, 6.45) is 3.17. The number of non-ortho nitro benzene ring substituents is 1. The van der Waals surface area contributed by atoms with Crippen LogP contribution in [0.25, 0.3) is 28.7 Å². The second-order valence-corrected chi connectivity index (χ2v) is 6.64. The van der Waals surface area contributed by atoms with Crippen LogP contribution < -0.4 is 10.3 Å². The summed E-state index contributed by atoms with van der Waals surface area (Å²) >= 11 is 0. The van der Waals surface area contributed by atoms with Crippen LogP contribution in [0.4, 0.5) is 5.69 Å². The van der Waals surface area contributed by atoms with Crippen LogP contribution in [0.2, 0.25) is 0 Å². The second kappa shape index (κ2) is 8.11. The van der Waals surface area contributed by atoms with Crippen LogP contribution in [0.5, 0.6) is 11.5 Å². The molecule has 0 amide bonds. The van der Waals surface area contributed by atoms with Gasteiger partial charge in [-0.2, -0.15) is 0 Å². The SMILES string of the molecule is COc1cccc(C=Cc2nc3ccccc3c(=O)n2-c2cccc([N+](=O)[O-])c2)c1O. The first-order valence-corrected chi connectivity index (χ1v) is 9.30. The van der Waals surface area contributed by atoms with E-state index in [4.69, 9.17) is 4.74 Å². The maximum Gasteiger partial charge on any atom is 0.271 e. The number of para-hydroxylation sites is 2. The molecule has 154 valence electrons. The third-order valence-corrected chi connectivity index (χ3v) is 4.76. The molecule has 1 heterocycles. The van der Waals surface area contributed by atoms with E-state index < -0.39 is 4.92 Å². The number of phenols is 1. The fraction of sp³-hybridized carbons (Fsp3) is 0.0435. The molecule has 1 N–H and O–H groups in total. The lowest BCUT2D eigenvalue weighted by molar-refractivity contribution is -0.384. The summed E-state index contributed by atoms with van der Waals surface area (Å²) in [6, 6.07) is 17.7. The molecule has 0 radical (unpaired) electrons. The van der Waals surface area contributed by atoms with Gasteiger partial charge in [-0.05, 0) is 36.4 Å². The summed E-state index contributed by atoms with van der Waals surface area (Å²) < 4.78 is 6.43. The minimum absolute atomic E-state index is 0.0497. The Balaban J connectivity index is 1.95. The molecule has 0 saturated heterocycles. The average Bonchev–Trinajstić information content (AvgIpc) is 2.78. The van der Waals surface area contributed by atoms with Gasteiger partial charge in [-0.15, -0.1) is 0 Å². The monoisotopic (exact) mass is 415 g/mol. The zero-order chi connectivity index (χ0) is 22.0. The van der Waals surface area contributed by atoms with E-state index in [0.717, 1.165) is 0 Å². The highest BCUT2D eigenvalue weighted by atomic mass is 16.6. The van der Waals surface area contributed by atoms with Crippen LogP contribution in [0.15, 0.2) is 71.5 Å². The molecular formula is C23H17N3O5. The van der Waals surface area contributed by atoms with Crippen molar-refractivity contribution in [2.75, 3.05) is 7.11 Å². The van der Waals surface area contributed by atoms with Gasteiger partial charge in [-0.1, -0.05) is 30.3 Å². The van der Waals surface area contributed by atoms with Crippen molar-refractivity contribution in [3.05, 3.63) is 98.6 Å². The van der Waals surface area contributed by atoms with E-state index in [1.54, 1.807) is 60.7 Å². The number of nitro benzene ring substituents is 1. The molecule has 31 heavy (non-hydrogen) atoms. The number of nitro groups is 1. The number of aromatic hydroxyl groups is 1. The van der Waals surface area contributed by atoms with Crippen LogP contribution >= 0.6 is 0 Å². The molecule has 0 aliphatic carbocycles. The van der Waals surface area contributed by atoms with Crippen molar-refractivity contribution in [1.82, 2.24) is 9.55 Å². The fourth-order valence-corrected chi connectivity index (χ4v) is 3.26. The molecule has 8 nitrogen and oxygen atoms in total. The predicted molar refractivity (Wildman–Crippen MR) is 118 cm³/mol. The lowest BCUT2D eigenvalue weighted by Gasteiger charge is -2.11. The van der Waals surface area contributed by atoms with Gasteiger partial charge in [0.2, 0.25) is 0 Å². The van der Waals surface area contributed by atoms with Gasteiger partial charge in [0, 0.05) is 17.7 Å². The number of fused-ring (bicyclic) bond motifs is 1. The number of ether oxygens (including phenoxy) is 1. The Morgan fingerprint density at radius 3 is 2.61 bits per heavy atom. The summed E-state index contributed by atoms with van der Waals surface area (Å²) in [5, 5.41) is 21.9. The molecule has 0 saturated carbocycles. The Bertz CT molecular complexity index is 1390. The van der Waals surface area contributed by atoms with Gasteiger partial charge >= 0.3 is 0 Å². The van der Waals surface area contributed by atoms with E-state index >= 15 is 0 Å². The topological polar surface area (TPSA) is 107 Å². The average molecular weight is 415 g/mol. The van der Waals surface area contributed by atoms with E-state index in [0.29, 0.717) is 27.9 Å². The van der Waals surface area contributed by atoms with Crippen LogP contribution in [0.3, 0.4) is 0 Å². The smallest absolute Gasteiger partial charge is 0.271 e. The summed E-state index contributed by atoms with van der Waals surface area (Å²) in [5.74, 6) is 0.516. The van der Waals surface area contributed by atoms with E-state index in [9.17, 15) is 20.0 Å². The van der Waals surface area contributed by atoms with Crippen LogP contribution in [0.1, 0.15) is 11.4 Å². The molecule has 0 aliphatic heterocycles. The minimum atomic E-state index is -0.521. The number of aromatic nitrogens is 2. The van der Waals surface area contributed by atoms with Crippen LogP contribution in [0, 0.1) is 10.1 Å². The first-order chi connectivity index (χ1) is 15.0. The second-order valence-electron chi connectivity index (χ2n) is 6.64. The molecular weight excluding hydrogens is 398 g/mol. The van der Waals surface area contributed by atoms with Crippen molar-refractivity contribution in [3.8, 4) is 17.2 Å². The highest BCUT2D eigenvalue weighted by molar-refractivity contribution is 5.80. The van der Waals surface area contributed by atoms with Crippen molar-refractivity contribution in [2.45, 2.75) is 0 Å². The highest BCUT2D eigenvalue weighted by Gasteiger charge is 2.14. The zero-order valence-electron chi connectivity index (χ0n) is 16.4. The molecule has 0 atom stereocenters. The third-order valence-electron chi connectivity index (χ3n) is 4.76. The normalized spacial score (nSPS) is 11.1. The van der Waals surface area contributed by atoms with Gasteiger partial charge in [0.05, 0.1) is 28.6 Å². The first kappa shape index (κ1) is 19.8. The van der Waals surface area contributed by atoms with Crippen molar-refractivity contribution in [1.29, 1.82) is 0 Å². The predicted octanol–water partition coefficient (Wildman–Crippen LogP) is 4.18. The fourth-order valence-electron chi connectivity index (χ4n) is 3.26. The maximum atomic E-state index is 13.3. The van der Waals surface area contributed by atoms with E-state index in [2.05, 4.69) is 4.98 Å². The maximum absolute atomic E-state index is 13.3. The molecule has 1 aromatic heterocycles. The van der Waals surface area contributed by atoms with Gasteiger partial charge in [-0.25, -0.2) is 4.98 Å². The van der Waals surface area contributed by atoms with Gasteiger partial charge in [0.25, 0.3) is 11.2 Å². The molecule has 4 rings (SSSR count). The molecule has 0 unspecified atom stereocenters. The van der Waals surface area contributed by atoms with Gasteiger partial charge < -0.3 is 9.84 Å². The van der Waals surface area contributed by atoms with Gasteiger partial charge in [-0.3, -0.25) is 19.5 Å². The lowest BCUT2D eigenvalue weighted by atomic mass is 10.1. The number of benzene rings is 3. The highest BCUT2D eigenvalue weighted by Crippen LogP contribution is 2.30. The number of nitrogens with zero attached hydrogens (tertiary/aromatic N) is 3. The largest absolute Gasteiger partial charge is 0.504 e. The number of methoxy groups -OCH3 is 1. The van der Waals surface area contributed by atoms with Gasteiger partial charge in [0.15, 0.2) is 11.5 Å². The van der Waals surface area contributed by atoms with Crippen LogP contribution in [-0.2, 0) is 0 Å². The molecule has 0 spiro atoms. The zero-order valence-corrected chi connectivity index (χ0v) is 16.4. The van der Waals surface area contributed by atoms with Crippen molar-refractivity contribution >= 4 is 28.7 Å². The molecule has 0 fully saturated rings. The summed E-state index contributed by atoms with van der Waals surface area (Å²) in [4.78, 5) is 28.5. The van der Waals surface area contributed by atoms with Gasteiger partial charge in [0.1, 0.15) is 5.82 Å². The molecule has 0 bridgehead atoms. The van der Waals surface area contributed by atoms with E-state index in [-0.39, 0.29) is 22.8 Å². The number of hydrogen-bond donors (Lipinski definition) is 1. The molecule has 4 aromatic rings. The minimum Gasteiger partial charge on any atom is -0.504 e. The van der Waals surface area contributed by atoms with Crippen LogP contribution in [-0.4, -0.2) is 26.7 Å². The Hall–Kier alpha value is -4.46. The Morgan fingerprint density at radius 2 is 1.84 bits per heavy atom. The van der Waals surface area contributed by atoms with Crippen molar-refractivity contribution < 1.29 is 14.8 Å². The third kappa shape index (κ3) is 3.74. The van der Waals surface area contributed by atoms with Crippen molar-refractivity contribution in [3.63, 3.8) is 0 Å². The molecule has 3 aromatic carbocycles. The Labute approximate surface area is 176 Å². The standard InChI is InChI=1S/C23H17N3O5/c1-31-20-11-4-6-15(22(20)27)12-13-21-24-19-10-3-2-9-18(19)23(28)25(21)16-7-5-8-17(14-16)26(29)30/h2-14,27H,1H3. The van der Waals surface area contributed by atoms with Crippen molar-refractivity contribution in [2.24, 2.45) is 0 Å². The molecule has 0 aliphatic rings. The Kier molecular flexibility index (Phi) is 5.19. The number of phenolic OH excluding ortho intramolecular Hbond substituents is 1. The number of rotatable bonds is 5. The summed E-state index contributed by atoms with van der Waals surface area (Å²) in [6.45, 7) is 0. The quantitative estimate of drug-likeness (QED) is 0.387. The van der Waals surface area contributed by atoms with E-state index in [1.165, 1.54) is 29.9 Å². The molecule has 8 heteroatoms. The van der Waals surface area contributed by atoms with E-state index in [1.807, 2.05) is 0 Å².